The van der Waals surface area contributed by atoms with Crippen LogP contribution < -0.4 is 4.74 Å². The van der Waals surface area contributed by atoms with Crippen molar-refractivity contribution in [1.29, 1.82) is 0 Å². The van der Waals surface area contributed by atoms with Crippen molar-refractivity contribution in [2.75, 3.05) is 7.11 Å². The van der Waals surface area contributed by atoms with E-state index < -0.39 is 0 Å². The van der Waals surface area contributed by atoms with Crippen LogP contribution in [0.4, 0.5) is 0 Å². The van der Waals surface area contributed by atoms with Crippen molar-refractivity contribution in [2.24, 2.45) is 7.05 Å². The average Bonchev–Trinajstić information content (AvgIpc) is 2.42. The van der Waals surface area contributed by atoms with E-state index in [1.165, 1.54) is 5.56 Å². The van der Waals surface area contributed by atoms with Gasteiger partial charge in [-0.1, -0.05) is 27.7 Å². The monoisotopic (exact) mass is 196 g/mol. The van der Waals surface area contributed by atoms with Crippen LogP contribution in [-0.4, -0.2) is 16.9 Å². The summed E-state index contributed by atoms with van der Waals surface area (Å²) >= 11 is 0. The Morgan fingerprint density at radius 3 is 2.07 bits per heavy atom. The molecule has 14 heavy (non-hydrogen) atoms. The van der Waals surface area contributed by atoms with Crippen molar-refractivity contribution in [3.8, 4) is 5.88 Å². The van der Waals surface area contributed by atoms with E-state index >= 15 is 0 Å². The average molecular weight is 196 g/mol. The zero-order valence-electron chi connectivity index (χ0n) is 9.96. The van der Waals surface area contributed by atoms with Crippen LogP contribution >= 0.6 is 0 Å². The summed E-state index contributed by atoms with van der Waals surface area (Å²) < 4.78 is 7.19. The molecule has 0 aliphatic heterocycles. The molecule has 1 aromatic rings. The molecule has 0 aromatic carbocycles. The van der Waals surface area contributed by atoms with Crippen LogP contribution in [0.15, 0.2) is 0 Å². The van der Waals surface area contributed by atoms with Gasteiger partial charge in [0, 0.05) is 12.6 Å². The summed E-state index contributed by atoms with van der Waals surface area (Å²) in [6.45, 7) is 8.66. The Balaban J connectivity index is 3.30. The zero-order valence-corrected chi connectivity index (χ0v) is 9.96. The summed E-state index contributed by atoms with van der Waals surface area (Å²) in [5, 5.41) is 4.49. The fourth-order valence-corrected chi connectivity index (χ4v) is 1.76. The third-order valence-electron chi connectivity index (χ3n) is 2.38. The molecule has 1 aromatic heterocycles. The minimum absolute atomic E-state index is 0.447. The maximum Gasteiger partial charge on any atom is 0.215 e. The van der Waals surface area contributed by atoms with Gasteiger partial charge in [-0.15, -0.1) is 0 Å². The summed E-state index contributed by atoms with van der Waals surface area (Å²) in [6, 6.07) is 0. The lowest BCUT2D eigenvalue weighted by Gasteiger charge is -2.10. The smallest absolute Gasteiger partial charge is 0.215 e. The number of aromatic nitrogens is 2. The maximum absolute atomic E-state index is 5.37. The molecule has 0 saturated heterocycles. The Hall–Kier alpha value is -0.990. The zero-order chi connectivity index (χ0) is 10.9. The van der Waals surface area contributed by atoms with Crippen LogP contribution in [0.5, 0.6) is 5.88 Å². The van der Waals surface area contributed by atoms with Crippen molar-refractivity contribution in [3.63, 3.8) is 0 Å². The standard InChI is InChI=1S/C11H20N2O/c1-7(2)9-10(8(3)4)12-13(5)11(9)14-6/h7-8H,1-6H3. The van der Waals surface area contributed by atoms with Gasteiger partial charge in [-0.3, -0.25) is 0 Å². The molecule has 0 fully saturated rings. The van der Waals surface area contributed by atoms with Crippen molar-refractivity contribution in [2.45, 2.75) is 39.5 Å². The minimum atomic E-state index is 0.447. The molecule has 80 valence electrons. The van der Waals surface area contributed by atoms with Crippen LogP contribution in [0.1, 0.15) is 50.8 Å². The van der Waals surface area contributed by atoms with Crippen LogP contribution in [0.2, 0.25) is 0 Å². The largest absolute Gasteiger partial charge is 0.481 e. The normalized spacial score (nSPS) is 11.4. The second kappa shape index (κ2) is 4.03. The van der Waals surface area contributed by atoms with Crippen molar-refractivity contribution in [3.05, 3.63) is 11.3 Å². The number of hydrogen-bond donors (Lipinski definition) is 0. The van der Waals surface area contributed by atoms with Crippen LogP contribution in [0.25, 0.3) is 0 Å². The first-order valence-corrected chi connectivity index (χ1v) is 5.09. The summed E-state index contributed by atoms with van der Waals surface area (Å²) in [6.07, 6.45) is 0. The first-order chi connectivity index (χ1) is 6.49. The molecule has 3 heteroatoms. The minimum Gasteiger partial charge on any atom is -0.481 e. The van der Waals surface area contributed by atoms with E-state index in [0.29, 0.717) is 11.8 Å². The van der Waals surface area contributed by atoms with Gasteiger partial charge in [0.2, 0.25) is 5.88 Å². The highest BCUT2D eigenvalue weighted by atomic mass is 16.5. The summed E-state index contributed by atoms with van der Waals surface area (Å²) in [4.78, 5) is 0. The van der Waals surface area contributed by atoms with Crippen molar-refractivity contribution < 1.29 is 4.74 Å². The molecule has 0 saturated carbocycles. The number of aryl methyl sites for hydroxylation is 1. The second-order valence-corrected chi connectivity index (χ2v) is 4.24. The summed E-state index contributed by atoms with van der Waals surface area (Å²) in [7, 11) is 3.63. The number of nitrogens with zero attached hydrogens (tertiary/aromatic N) is 2. The molecular formula is C11H20N2O. The predicted octanol–water partition coefficient (Wildman–Crippen LogP) is 2.68. The fraction of sp³-hybridized carbons (Fsp3) is 0.727. The van der Waals surface area contributed by atoms with Gasteiger partial charge in [0.1, 0.15) is 0 Å². The quantitative estimate of drug-likeness (QED) is 0.743. The molecular weight excluding hydrogens is 176 g/mol. The fourth-order valence-electron chi connectivity index (χ4n) is 1.76. The summed E-state index contributed by atoms with van der Waals surface area (Å²) in [5.41, 5.74) is 2.39. The molecule has 1 rings (SSSR count). The number of methoxy groups -OCH3 is 1. The predicted molar refractivity (Wildman–Crippen MR) is 57.9 cm³/mol. The van der Waals surface area contributed by atoms with Crippen molar-refractivity contribution in [1.82, 2.24) is 9.78 Å². The van der Waals surface area contributed by atoms with Gasteiger partial charge in [0.15, 0.2) is 0 Å². The van der Waals surface area contributed by atoms with Crippen LogP contribution in [0, 0.1) is 0 Å². The van der Waals surface area contributed by atoms with Gasteiger partial charge in [-0.05, 0) is 11.8 Å². The summed E-state index contributed by atoms with van der Waals surface area (Å²) in [5.74, 6) is 1.79. The van der Waals surface area contributed by atoms with E-state index in [1.807, 2.05) is 11.7 Å². The van der Waals surface area contributed by atoms with Gasteiger partial charge >= 0.3 is 0 Å². The van der Waals surface area contributed by atoms with Gasteiger partial charge in [-0.25, -0.2) is 4.68 Å². The van der Waals surface area contributed by atoms with E-state index in [2.05, 4.69) is 32.8 Å². The highest BCUT2D eigenvalue weighted by Gasteiger charge is 2.21. The third-order valence-corrected chi connectivity index (χ3v) is 2.38. The Bertz CT molecular complexity index is 313. The molecule has 0 bridgehead atoms. The molecule has 0 spiro atoms. The van der Waals surface area contributed by atoms with Crippen molar-refractivity contribution >= 4 is 0 Å². The molecule has 1 heterocycles. The Morgan fingerprint density at radius 1 is 1.14 bits per heavy atom. The molecule has 0 N–H and O–H groups in total. The van der Waals surface area contributed by atoms with Gasteiger partial charge in [0.25, 0.3) is 0 Å². The first kappa shape index (κ1) is 11.1. The lowest BCUT2D eigenvalue weighted by atomic mass is 9.97. The number of rotatable bonds is 3. The van der Waals surface area contributed by atoms with E-state index in [0.717, 1.165) is 11.6 Å². The van der Waals surface area contributed by atoms with Gasteiger partial charge in [-0.2, -0.15) is 5.10 Å². The van der Waals surface area contributed by atoms with Gasteiger partial charge in [0.05, 0.1) is 12.8 Å². The molecule has 0 aliphatic rings. The van der Waals surface area contributed by atoms with Crippen LogP contribution in [0.3, 0.4) is 0 Å². The first-order valence-electron chi connectivity index (χ1n) is 5.09. The molecule has 0 amide bonds. The van der Waals surface area contributed by atoms with E-state index in [4.69, 9.17) is 4.74 Å². The molecule has 0 atom stereocenters. The SMILES string of the molecule is COc1c(C(C)C)c(C(C)C)nn1C. The maximum atomic E-state index is 5.37. The highest BCUT2D eigenvalue weighted by Crippen LogP contribution is 2.32. The van der Waals surface area contributed by atoms with Crippen LogP contribution in [-0.2, 0) is 7.05 Å². The van der Waals surface area contributed by atoms with E-state index in [9.17, 15) is 0 Å². The lowest BCUT2D eigenvalue weighted by molar-refractivity contribution is 0.367. The highest BCUT2D eigenvalue weighted by molar-refractivity contribution is 5.36. The molecule has 3 nitrogen and oxygen atoms in total. The Kier molecular flexibility index (Phi) is 3.19. The van der Waals surface area contributed by atoms with E-state index in [1.54, 1.807) is 7.11 Å². The molecule has 0 radical (unpaired) electrons. The number of hydrogen-bond acceptors (Lipinski definition) is 2. The Labute approximate surface area is 86.1 Å². The molecule has 0 aliphatic carbocycles. The van der Waals surface area contributed by atoms with Gasteiger partial charge < -0.3 is 4.74 Å². The Morgan fingerprint density at radius 2 is 1.71 bits per heavy atom. The second-order valence-electron chi connectivity index (χ2n) is 4.24. The third kappa shape index (κ3) is 1.76. The lowest BCUT2D eigenvalue weighted by Crippen LogP contribution is -1.98. The topological polar surface area (TPSA) is 27.1 Å². The number of ether oxygens (including phenoxy) is 1. The molecule has 0 unspecified atom stereocenters. The van der Waals surface area contributed by atoms with E-state index in [-0.39, 0.29) is 0 Å².